The van der Waals surface area contributed by atoms with Crippen LogP contribution in [0.1, 0.15) is 0 Å². The monoisotopic (exact) mass is 157 g/mol. The van der Waals surface area contributed by atoms with Crippen molar-refractivity contribution in [3.05, 3.63) is 47.0 Å². The van der Waals surface area contributed by atoms with Gasteiger partial charge in [-0.15, -0.1) is 0 Å². The molecule has 0 N–H and O–H groups in total. The molecule has 1 amide bonds. The Morgan fingerprint density at radius 3 is 2.83 bits per heavy atom. The first-order valence-corrected chi connectivity index (χ1v) is 3.66. The van der Waals surface area contributed by atoms with Gasteiger partial charge in [-0.2, -0.15) is 0 Å². The number of carbonyl (C=O) groups excluding carboxylic acids is 1. The third-order valence-electron chi connectivity index (χ3n) is 1.76. The van der Waals surface area contributed by atoms with Crippen LogP contribution >= 0.6 is 0 Å². The smallest absolute Gasteiger partial charge is 0.267 e. The summed E-state index contributed by atoms with van der Waals surface area (Å²) in [6.45, 7) is 3.60. The number of rotatable bonds is 0. The largest absolute Gasteiger partial charge is 0.276 e. The number of benzene rings is 1. The van der Waals surface area contributed by atoms with Gasteiger partial charge in [-0.1, -0.05) is 24.8 Å². The van der Waals surface area contributed by atoms with E-state index < -0.39 is 0 Å². The van der Waals surface area contributed by atoms with Crippen LogP contribution in [0.15, 0.2) is 41.4 Å². The fraction of sp³-hybridized carbons (Fsp3) is 0. The standard InChI is InChI=1S/C10H7NO/c1-7-6-8-4-2-3-5-9(8)11-10(7)12/h2-6H,1H2. The van der Waals surface area contributed by atoms with Gasteiger partial charge in [0.25, 0.3) is 5.91 Å². The third kappa shape index (κ3) is 0.975. The number of para-hydroxylation sites is 1. The van der Waals surface area contributed by atoms with E-state index in [1.54, 1.807) is 6.08 Å². The van der Waals surface area contributed by atoms with Crippen molar-refractivity contribution in [3.8, 4) is 0 Å². The molecule has 0 spiro atoms. The molecule has 58 valence electrons. The van der Waals surface area contributed by atoms with Crippen LogP contribution in [0.4, 0.5) is 0 Å². The lowest BCUT2D eigenvalue weighted by atomic mass is 10.1. The van der Waals surface area contributed by atoms with E-state index in [1.807, 2.05) is 24.3 Å². The fourth-order valence-electron chi connectivity index (χ4n) is 1.14. The van der Waals surface area contributed by atoms with Gasteiger partial charge in [-0.25, -0.2) is 4.99 Å². The van der Waals surface area contributed by atoms with Crippen LogP contribution in [0.5, 0.6) is 0 Å². The van der Waals surface area contributed by atoms with Crippen LogP contribution in [0.25, 0.3) is 6.08 Å². The van der Waals surface area contributed by atoms with Gasteiger partial charge >= 0.3 is 0 Å². The van der Waals surface area contributed by atoms with E-state index in [0.29, 0.717) is 5.57 Å². The Hall–Kier alpha value is -1.70. The zero-order chi connectivity index (χ0) is 8.55. The Labute approximate surface area is 69.6 Å². The van der Waals surface area contributed by atoms with Crippen LogP contribution in [-0.4, -0.2) is 5.91 Å². The zero-order valence-corrected chi connectivity index (χ0v) is 6.45. The van der Waals surface area contributed by atoms with Crippen LogP contribution in [0.2, 0.25) is 0 Å². The van der Waals surface area contributed by atoms with Crippen LogP contribution in [-0.2, 0) is 4.79 Å². The summed E-state index contributed by atoms with van der Waals surface area (Å²) in [5, 5.41) is 1.69. The molecule has 2 rings (SSSR count). The second-order valence-corrected chi connectivity index (χ2v) is 2.65. The molecule has 0 unspecified atom stereocenters. The van der Waals surface area contributed by atoms with Crippen molar-refractivity contribution >= 4 is 12.0 Å². The molecule has 0 fully saturated rings. The molecule has 1 aliphatic rings. The number of hydrogen-bond donors (Lipinski definition) is 0. The second-order valence-electron chi connectivity index (χ2n) is 2.65. The molecule has 0 aliphatic carbocycles. The Morgan fingerprint density at radius 2 is 2.00 bits per heavy atom. The molecule has 2 nitrogen and oxygen atoms in total. The van der Waals surface area contributed by atoms with Crippen LogP contribution < -0.4 is 10.6 Å². The highest BCUT2D eigenvalue weighted by Gasteiger charge is 2.05. The summed E-state index contributed by atoms with van der Waals surface area (Å²) in [7, 11) is 0. The highest BCUT2D eigenvalue weighted by Crippen LogP contribution is 1.96. The molecule has 1 aliphatic heterocycles. The highest BCUT2D eigenvalue weighted by atomic mass is 16.1. The Kier molecular flexibility index (Phi) is 1.40. The average molecular weight is 157 g/mol. The number of hydrogen-bond acceptors (Lipinski definition) is 1. The first kappa shape index (κ1) is 6.98. The van der Waals surface area contributed by atoms with Crippen molar-refractivity contribution < 1.29 is 4.79 Å². The number of nitrogens with zero attached hydrogens (tertiary/aromatic N) is 1. The van der Waals surface area contributed by atoms with Crippen molar-refractivity contribution in [2.24, 2.45) is 4.99 Å². The van der Waals surface area contributed by atoms with E-state index >= 15 is 0 Å². The summed E-state index contributed by atoms with van der Waals surface area (Å²) in [6, 6.07) is 7.50. The molecule has 0 aromatic heterocycles. The summed E-state index contributed by atoms with van der Waals surface area (Å²) in [5.74, 6) is -0.242. The third-order valence-corrected chi connectivity index (χ3v) is 1.76. The first-order chi connectivity index (χ1) is 5.77. The maximum atomic E-state index is 11.1. The minimum Gasteiger partial charge on any atom is -0.267 e. The quantitative estimate of drug-likeness (QED) is 0.494. The van der Waals surface area contributed by atoms with E-state index in [0.717, 1.165) is 10.6 Å². The number of amides is 1. The molecule has 0 atom stereocenters. The van der Waals surface area contributed by atoms with Gasteiger partial charge in [0, 0.05) is 10.8 Å². The average Bonchev–Trinajstić information content (AvgIpc) is 2.07. The molecule has 1 aromatic carbocycles. The summed E-state index contributed by atoms with van der Waals surface area (Å²) in [5.41, 5.74) is 0.453. The van der Waals surface area contributed by atoms with Crippen molar-refractivity contribution in [2.45, 2.75) is 0 Å². The lowest BCUT2D eigenvalue weighted by Gasteiger charge is -1.99. The fourth-order valence-corrected chi connectivity index (χ4v) is 1.14. The summed E-state index contributed by atoms with van der Waals surface area (Å²) >= 11 is 0. The van der Waals surface area contributed by atoms with Gasteiger partial charge < -0.3 is 0 Å². The molecule has 1 heterocycles. The van der Waals surface area contributed by atoms with Crippen molar-refractivity contribution in [1.82, 2.24) is 0 Å². The Morgan fingerprint density at radius 1 is 1.25 bits per heavy atom. The minimum atomic E-state index is -0.242. The summed E-state index contributed by atoms with van der Waals surface area (Å²) in [6.07, 6.45) is 1.75. The van der Waals surface area contributed by atoms with E-state index in [1.165, 1.54) is 0 Å². The second kappa shape index (κ2) is 2.41. The molecule has 0 radical (unpaired) electrons. The Balaban J connectivity index is 2.87. The maximum Gasteiger partial charge on any atom is 0.276 e. The van der Waals surface area contributed by atoms with E-state index in [4.69, 9.17) is 0 Å². The van der Waals surface area contributed by atoms with Gasteiger partial charge in [-0.05, 0) is 12.1 Å². The molecule has 0 saturated heterocycles. The molecule has 0 bridgehead atoms. The molecular weight excluding hydrogens is 150 g/mol. The predicted molar refractivity (Wildman–Crippen MR) is 45.8 cm³/mol. The van der Waals surface area contributed by atoms with Crippen molar-refractivity contribution in [3.63, 3.8) is 0 Å². The lowest BCUT2D eigenvalue weighted by Crippen LogP contribution is -2.29. The number of carbonyl (C=O) groups is 1. The molecule has 12 heavy (non-hydrogen) atoms. The van der Waals surface area contributed by atoms with Crippen LogP contribution in [0, 0.1) is 0 Å². The first-order valence-electron chi connectivity index (χ1n) is 3.66. The maximum absolute atomic E-state index is 11.1. The highest BCUT2D eigenvalue weighted by molar-refractivity contribution is 6.02. The molecule has 1 aromatic rings. The summed E-state index contributed by atoms with van der Waals surface area (Å²) in [4.78, 5) is 14.9. The van der Waals surface area contributed by atoms with E-state index in [2.05, 4.69) is 11.6 Å². The van der Waals surface area contributed by atoms with E-state index in [9.17, 15) is 4.79 Å². The van der Waals surface area contributed by atoms with E-state index in [-0.39, 0.29) is 5.91 Å². The number of fused-ring (bicyclic) bond motifs is 1. The van der Waals surface area contributed by atoms with Gasteiger partial charge in [0.15, 0.2) is 0 Å². The molecule has 2 heteroatoms. The van der Waals surface area contributed by atoms with Gasteiger partial charge in [0.2, 0.25) is 0 Å². The SMILES string of the molecule is C=C1C=c2ccccc2=NC1=O. The topological polar surface area (TPSA) is 29.4 Å². The predicted octanol–water partition coefficient (Wildman–Crippen LogP) is 0.183. The van der Waals surface area contributed by atoms with Gasteiger partial charge in [-0.3, -0.25) is 4.79 Å². The Bertz CT molecular complexity index is 426. The van der Waals surface area contributed by atoms with Crippen molar-refractivity contribution in [1.29, 1.82) is 0 Å². The normalized spacial score (nSPS) is 14.7. The zero-order valence-electron chi connectivity index (χ0n) is 6.45. The minimum absolute atomic E-state index is 0.242. The van der Waals surface area contributed by atoms with Crippen LogP contribution in [0.3, 0.4) is 0 Å². The molecule has 0 saturated carbocycles. The van der Waals surface area contributed by atoms with Gasteiger partial charge in [0.05, 0.1) is 5.36 Å². The van der Waals surface area contributed by atoms with Crippen molar-refractivity contribution in [2.75, 3.05) is 0 Å². The molecular formula is C10H7NO. The van der Waals surface area contributed by atoms with Gasteiger partial charge in [0.1, 0.15) is 0 Å². The lowest BCUT2D eigenvalue weighted by molar-refractivity contribution is -0.114. The summed E-state index contributed by atoms with van der Waals surface area (Å²) < 4.78 is 0.